The zero-order valence-corrected chi connectivity index (χ0v) is 12.9. The van der Waals surface area contributed by atoms with Gasteiger partial charge in [0.1, 0.15) is 5.69 Å². The van der Waals surface area contributed by atoms with E-state index in [2.05, 4.69) is 4.98 Å². The molecular formula is C14H19BN2O4. The van der Waals surface area contributed by atoms with Crippen LogP contribution in [0.25, 0.3) is 6.08 Å². The highest BCUT2D eigenvalue weighted by molar-refractivity contribution is 6.52. The van der Waals surface area contributed by atoms with E-state index in [9.17, 15) is 10.1 Å². The predicted octanol–water partition coefficient (Wildman–Crippen LogP) is 2.94. The third-order valence-electron chi connectivity index (χ3n) is 3.92. The number of aromatic nitrogens is 1. The molecule has 1 aliphatic heterocycles. The third-order valence-corrected chi connectivity index (χ3v) is 3.92. The highest BCUT2D eigenvalue weighted by Gasteiger charge is 2.50. The number of nitro groups is 1. The second-order valence-electron chi connectivity index (χ2n) is 6.11. The molecule has 1 aromatic rings. The molecule has 0 unspecified atom stereocenters. The molecule has 1 saturated heterocycles. The summed E-state index contributed by atoms with van der Waals surface area (Å²) in [5.41, 5.74) is 0.175. The summed E-state index contributed by atoms with van der Waals surface area (Å²) in [6, 6.07) is 3.40. The number of nitrogens with zero attached hydrogens (tertiary/aromatic N) is 2. The monoisotopic (exact) mass is 290 g/mol. The molecule has 112 valence electrons. The molecule has 0 N–H and O–H groups in total. The van der Waals surface area contributed by atoms with Crippen molar-refractivity contribution in [2.24, 2.45) is 0 Å². The average molecular weight is 290 g/mol. The van der Waals surface area contributed by atoms with Gasteiger partial charge in [0.25, 0.3) is 0 Å². The van der Waals surface area contributed by atoms with Crippen LogP contribution in [0.5, 0.6) is 0 Å². The minimum Gasteiger partial charge on any atom is -0.400 e. The van der Waals surface area contributed by atoms with Gasteiger partial charge in [-0.15, -0.1) is 0 Å². The van der Waals surface area contributed by atoms with Crippen LogP contribution in [0.2, 0.25) is 0 Å². The van der Waals surface area contributed by atoms with Crippen molar-refractivity contribution in [3.63, 3.8) is 0 Å². The number of hydrogen-bond acceptors (Lipinski definition) is 5. The van der Waals surface area contributed by atoms with Crippen LogP contribution in [-0.2, 0) is 9.31 Å². The van der Waals surface area contributed by atoms with E-state index < -0.39 is 23.2 Å². The summed E-state index contributed by atoms with van der Waals surface area (Å²) in [5.74, 6) is 1.51. The molecule has 0 atom stereocenters. The second-order valence-corrected chi connectivity index (χ2v) is 6.11. The van der Waals surface area contributed by atoms with Gasteiger partial charge in [-0.05, 0) is 49.7 Å². The largest absolute Gasteiger partial charge is 0.487 e. The van der Waals surface area contributed by atoms with Crippen molar-refractivity contribution in [1.29, 1.82) is 0 Å². The Morgan fingerprint density at radius 1 is 1.24 bits per heavy atom. The van der Waals surface area contributed by atoms with Gasteiger partial charge in [0, 0.05) is 6.92 Å². The number of pyridine rings is 1. The Labute approximate surface area is 124 Å². The van der Waals surface area contributed by atoms with Crippen molar-refractivity contribution in [2.75, 3.05) is 0 Å². The van der Waals surface area contributed by atoms with Gasteiger partial charge in [-0.25, -0.2) is 0 Å². The van der Waals surface area contributed by atoms with E-state index in [4.69, 9.17) is 9.31 Å². The maximum absolute atomic E-state index is 11.0. The maximum Gasteiger partial charge on any atom is 0.487 e. The molecule has 2 rings (SSSR count). The summed E-state index contributed by atoms with van der Waals surface area (Å²) < 4.78 is 11.6. The van der Waals surface area contributed by atoms with Crippen LogP contribution >= 0.6 is 0 Å². The van der Waals surface area contributed by atoms with E-state index in [1.165, 1.54) is 0 Å². The van der Waals surface area contributed by atoms with Crippen molar-refractivity contribution in [3.05, 3.63) is 39.5 Å². The first-order valence-corrected chi connectivity index (χ1v) is 6.78. The lowest BCUT2D eigenvalue weighted by Crippen LogP contribution is -2.41. The molecule has 1 aliphatic rings. The third kappa shape index (κ3) is 3.14. The van der Waals surface area contributed by atoms with Crippen LogP contribution in [0.1, 0.15) is 39.0 Å². The number of hydrogen-bond donors (Lipinski definition) is 0. The molecule has 0 radical (unpaired) electrons. The summed E-state index contributed by atoms with van der Waals surface area (Å²) in [4.78, 5) is 14.5. The fourth-order valence-corrected chi connectivity index (χ4v) is 1.98. The molecule has 0 bridgehead atoms. The normalized spacial score (nSPS) is 20.1. The number of rotatable bonds is 3. The standard InChI is InChI=1S/C14H19BN2O4/c1-10-6-7-11(12(16-10)17(18)19)8-9-15-20-13(2,3)14(4,5)21-15/h6-9H,1-5H3/b9-8+. The number of aryl methyl sites for hydroxylation is 1. The molecule has 2 heterocycles. The smallest absolute Gasteiger partial charge is 0.400 e. The van der Waals surface area contributed by atoms with E-state index in [-0.39, 0.29) is 5.82 Å². The molecule has 1 fully saturated rings. The van der Waals surface area contributed by atoms with Crippen LogP contribution in [0.4, 0.5) is 5.82 Å². The highest BCUT2D eigenvalue weighted by Crippen LogP contribution is 2.37. The minimum absolute atomic E-state index is 0.164. The Morgan fingerprint density at radius 3 is 2.33 bits per heavy atom. The van der Waals surface area contributed by atoms with Gasteiger partial charge in [-0.1, -0.05) is 12.1 Å². The van der Waals surface area contributed by atoms with E-state index in [0.29, 0.717) is 11.3 Å². The van der Waals surface area contributed by atoms with Crippen LogP contribution in [-0.4, -0.2) is 28.2 Å². The molecular weight excluding hydrogens is 271 g/mol. The fraction of sp³-hybridized carbons (Fsp3) is 0.500. The maximum atomic E-state index is 11.0. The van der Waals surface area contributed by atoms with Crippen LogP contribution in [0.15, 0.2) is 18.1 Å². The van der Waals surface area contributed by atoms with Crippen molar-refractivity contribution in [1.82, 2.24) is 4.98 Å². The van der Waals surface area contributed by atoms with Gasteiger partial charge < -0.3 is 19.4 Å². The summed E-state index contributed by atoms with van der Waals surface area (Å²) in [6.07, 6.45) is 1.62. The quantitative estimate of drug-likeness (QED) is 0.486. The van der Waals surface area contributed by atoms with Crippen LogP contribution in [0, 0.1) is 17.0 Å². The fourth-order valence-electron chi connectivity index (χ4n) is 1.98. The molecule has 0 aromatic carbocycles. The van der Waals surface area contributed by atoms with Crippen molar-refractivity contribution in [3.8, 4) is 0 Å². The Bertz CT molecular complexity index is 583. The first-order valence-electron chi connectivity index (χ1n) is 6.78. The van der Waals surface area contributed by atoms with E-state index in [1.54, 1.807) is 31.1 Å². The molecule has 0 amide bonds. The van der Waals surface area contributed by atoms with Crippen molar-refractivity contribution in [2.45, 2.75) is 45.8 Å². The molecule has 21 heavy (non-hydrogen) atoms. The van der Waals surface area contributed by atoms with E-state index >= 15 is 0 Å². The minimum atomic E-state index is -0.532. The molecule has 0 spiro atoms. The van der Waals surface area contributed by atoms with Crippen molar-refractivity contribution >= 4 is 19.0 Å². The lowest BCUT2D eigenvalue weighted by atomic mass is 9.89. The average Bonchev–Trinajstić information content (AvgIpc) is 2.56. The summed E-state index contributed by atoms with van der Waals surface area (Å²) >= 11 is 0. The molecule has 6 nitrogen and oxygen atoms in total. The van der Waals surface area contributed by atoms with Crippen molar-refractivity contribution < 1.29 is 14.2 Å². The van der Waals surface area contributed by atoms with Gasteiger partial charge in [-0.2, -0.15) is 0 Å². The van der Waals surface area contributed by atoms with E-state index in [0.717, 1.165) is 0 Å². The second kappa shape index (κ2) is 5.24. The predicted molar refractivity (Wildman–Crippen MR) is 80.7 cm³/mol. The zero-order chi connectivity index (χ0) is 15.8. The van der Waals surface area contributed by atoms with Gasteiger partial charge >= 0.3 is 12.9 Å². The Kier molecular flexibility index (Phi) is 3.90. The van der Waals surface area contributed by atoms with Gasteiger partial charge in [-0.3, -0.25) is 0 Å². The molecule has 0 saturated carbocycles. The Morgan fingerprint density at radius 2 is 1.81 bits per heavy atom. The van der Waals surface area contributed by atoms with Gasteiger partial charge in [0.05, 0.1) is 16.8 Å². The summed E-state index contributed by atoms with van der Waals surface area (Å²) in [6.45, 7) is 9.54. The molecule has 0 aliphatic carbocycles. The lowest BCUT2D eigenvalue weighted by Gasteiger charge is -2.32. The Hall–Kier alpha value is -1.73. The lowest BCUT2D eigenvalue weighted by molar-refractivity contribution is -0.389. The zero-order valence-electron chi connectivity index (χ0n) is 12.9. The molecule has 7 heteroatoms. The first kappa shape index (κ1) is 15.7. The van der Waals surface area contributed by atoms with Crippen LogP contribution in [0.3, 0.4) is 0 Å². The first-order chi connectivity index (χ1) is 9.62. The summed E-state index contributed by atoms with van der Waals surface area (Å²) in [7, 11) is -0.532. The topological polar surface area (TPSA) is 74.5 Å². The Balaban J connectivity index is 2.22. The molecule has 1 aromatic heterocycles. The highest BCUT2D eigenvalue weighted by atomic mass is 16.7. The van der Waals surface area contributed by atoms with E-state index in [1.807, 2.05) is 27.7 Å². The van der Waals surface area contributed by atoms with Crippen LogP contribution < -0.4 is 0 Å². The van der Waals surface area contributed by atoms with Gasteiger partial charge in [0.2, 0.25) is 0 Å². The van der Waals surface area contributed by atoms with Gasteiger partial charge in [0.15, 0.2) is 0 Å². The SMILES string of the molecule is Cc1ccc(/C=C/B2OC(C)(C)C(C)(C)O2)c([N+](=O)[O-])n1. The summed E-state index contributed by atoms with van der Waals surface area (Å²) in [5, 5.41) is 11.0.